The van der Waals surface area contributed by atoms with Crippen LogP contribution in [-0.4, -0.2) is 26.2 Å². The van der Waals surface area contributed by atoms with Gasteiger partial charge >= 0.3 is 0 Å². The summed E-state index contributed by atoms with van der Waals surface area (Å²) in [5.74, 6) is 1.17. The molecular formula is C15H23NO3. The summed E-state index contributed by atoms with van der Waals surface area (Å²) in [5, 5.41) is 2.90. The van der Waals surface area contributed by atoms with Crippen molar-refractivity contribution in [3.8, 4) is 11.5 Å². The molecule has 0 saturated heterocycles. The van der Waals surface area contributed by atoms with Crippen LogP contribution in [0.4, 0.5) is 0 Å². The molecule has 0 heterocycles. The minimum Gasteiger partial charge on any atom is -0.493 e. The third-order valence-corrected chi connectivity index (χ3v) is 2.79. The molecule has 0 unspecified atom stereocenters. The van der Waals surface area contributed by atoms with Gasteiger partial charge in [-0.25, -0.2) is 0 Å². The van der Waals surface area contributed by atoms with E-state index in [2.05, 4.69) is 12.2 Å². The number of carbonyl (C=O) groups is 1. The second-order valence-corrected chi connectivity index (χ2v) is 4.26. The Labute approximate surface area is 115 Å². The van der Waals surface area contributed by atoms with Crippen LogP contribution in [0, 0.1) is 0 Å². The van der Waals surface area contributed by atoms with E-state index in [0.29, 0.717) is 30.2 Å². The average molecular weight is 265 g/mol. The molecular weight excluding hydrogens is 242 g/mol. The molecule has 0 aliphatic carbocycles. The lowest BCUT2D eigenvalue weighted by Gasteiger charge is -2.11. The zero-order valence-electron chi connectivity index (χ0n) is 12.0. The maximum absolute atomic E-state index is 11.9. The molecule has 0 aromatic heterocycles. The van der Waals surface area contributed by atoms with Crippen molar-refractivity contribution in [3.05, 3.63) is 23.8 Å². The first kappa shape index (κ1) is 15.3. The van der Waals surface area contributed by atoms with Crippen LogP contribution in [0.2, 0.25) is 0 Å². The molecule has 1 amide bonds. The van der Waals surface area contributed by atoms with Crippen LogP contribution < -0.4 is 14.8 Å². The lowest BCUT2D eigenvalue weighted by Crippen LogP contribution is -2.24. The van der Waals surface area contributed by atoms with E-state index in [1.165, 1.54) is 0 Å². The normalized spacial score (nSPS) is 10.1. The summed E-state index contributed by atoms with van der Waals surface area (Å²) in [6.07, 6.45) is 3.29. The Bertz CT molecular complexity index is 404. The third kappa shape index (κ3) is 4.81. The topological polar surface area (TPSA) is 47.6 Å². The van der Waals surface area contributed by atoms with Gasteiger partial charge in [-0.2, -0.15) is 0 Å². The number of unbranched alkanes of at least 4 members (excludes halogenated alkanes) is 2. The molecule has 0 saturated carbocycles. The summed E-state index contributed by atoms with van der Waals surface area (Å²) in [7, 11) is 1.57. The van der Waals surface area contributed by atoms with Gasteiger partial charge in [-0.3, -0.25) is 4.79 Å². The van der Waals surface area contributed by atoms with Crippen molar-refractivity contribution in [2.24, 2.45) is 0 Å². The highest BCUT2D eigenvalue weighted by Gasteiger charge is 2.10. The first-order chi connectivity index (χ1) is 9.22. The number of methoxy groups -OCH3 is 1. The fourth-order valence-electron chi connectivity index (χ4n) is 1.76. The molecule has 0 bridgehead atoms. The molecule has 0 atom stereocenters. The van der Waals surface area contributed by atoms with Gasteiger partial charge in [0.2, 0.25) is 0 Å². The summed E-state index contributed by atoms with van der Waals surface area (Å²) in [6.45, 7) is 5.33. The van der Waals surface area contributed by atoms with Crippen molar-refractivity contribution in [2.45, 2.75) is 33.1 Å². The predicted molar refractivity (Wildman–Crippen MR) is 76.0 cm³/mol. The highest BCUT2D eigenvalue weighted by Crippen LogP contribution is 2.27. The number of nitrogens with one attached hydrogen (secondary N) is 1. The van der Waals surface area contributed by atoms with Crippen LogP contribution in [-0.2, 0) is 0 Å². The Balaban J connectivity index is 2.64. The standard InChI is InChI=1S/C15H23NO3/c1-4-6-7-10-16-15(17)12-8-9-13(19-5-2)14(11-12)18-3/h8-9,11H,4-7,10H2,1-3H3,(H,16,17). The Kier molecular flexibility index (Phi) is 6.79. The van der Waals surface area contributed by atoms with Gasteiger partial charge in [-0.15, -0.1) is 0 Å². The van der Waals surface area contributed by atoms with Crippen molar-refractivity contribution in [1.29, 1.82) is 0 Å². The van der Waals surface area contributed by atoms with Gasteiger partial charge < -0.3 is 14.8 Å². The molecule has 4 nitrogen and oxygen atoms in total. The van der Waals surface area contributed by atoms with Crippen molar-refractivity contribution in [1.82, 2.24) is 5.32 Å². The summed E-state index contributed by atoms with van der Waals surface area (Å²) in [6, 6.07) is 5.23. The third-order valence-electron chi connectivity index (χ3n) is 2.79. The maximum atomic E-state index is 11.9. The Morgan fingerprint density at radius 1 is 1.21 bits per heavy atom. The van der Waals surface area contributed by atoms with Gasteiger partial charge in [0.1, 0.15) is 0 Å². The van der Waals surface area contributed by atoms with Gasteiger partial charge in [-0.1, -0.05) is 19.8 Å². The van der Waals surface area contributed by atoms with Crippen molar-refractivity contribution >= 4 is 5.91 Å². The van der Waals surface area contributed by atoms with E-state index in [9.17, 15) is 4.79 Å². The lowest BCUT2D eigenvalue weighted by molar-refractivity contribution is 0.0952. The first-order valence-electron chi connectivity index (χ1n) is 6.82. The number of hydrogen-bond acceptors (Lipinski definition) is 3. The predicted octanol–water partition coefficient (Wildman–Crippen LogP) is 3.01. The van der Waals surface area contributed by atoms with Gasteiger partial charge in [0.05, 0.1) is 13.7 Å². The average Bonchev–Trinajstić information content (AvgIpc) is 2.44. The smallest absolute Gasteiger partial charge is 0.251 e. The second-order valence-electron chi connectivity index (χ2n) is 4.26. The van der Waals surface area contributed by atoms with E-state index in [-0.39, 0.29) is 5.91 Å². The van der Waals surface area contributed by atoms with E-state index >= 15 is 0 Å². The molecule has 0 spiro atoms. The van der Waals surface area contributed by atoms with Crippen molar-refractivity contribution in [2.75, 3.05) is 20.3 Å². The van der Waals surface area contributed by atoms with Crippen molar-refractivity contribution in [3.63, 3.8) is 0 Å². The number of hydrogen-bond donors (Lipinski definition) is 1. The monoisotopic (exact) mass is 265 g/mol. The van der Waals surface area contributed by atoms with E-state index in [0.717, 1.165) is 19.3 Å². The molecule has 0 radical (unpaired) electrons. The van der Waals surface area contributed by atoms with E-state index in [1.807, 2.05) is 6.92 Å². The molecule has 1 aromatic rings. The van der Waals surface area contributed by atoms with Gasteiger partial charge in [0, 0.05) is 12.1 Å². The Morgan fingerprint density at radius 2 is 2.00 bits per heavy atom. The zero-order chi connectivity index (χ0) is 14.1. The highest BCUT2D eigenvalue weighted by molar-refractivity contribution is 5.94. The molecule has 1 aromatic carbocycles. The van der Waals surface area contributed by atoms with Gasteiger partial charge in [0.25, 0.3) is 5.91 Å². The number of benzene rings is 1. The Hall–Kier alpha value is -1.71. The van der Waals surface area contributed by atoms with E-state index < -0.39 is 0 Å². The second kappa shape index (κ2) is 8.40. The molecule has 0 aliphatic heterocycles. The quantitative estimate of drug-likeness (QED) is 0.735. The fraction of sp³-hybridized carbons (Fsp3) is 0.533. The number of rotatable bonds is 8. The van der Waals surface area contributed by atoms with Crippen molar-refractivity contribution < 1.29 is 14.3 Å². The molecule has 0 aliphatic rings. The minimum atomic E-state index is -0.0718. The summed E-state index contributed by atoms with van der Waals surface area (Å²) in [5.41, 5.74) is 0.594. The summed E-state index contributed by atoms with van der Waals surface area (Å²) < 4.78 is 10.6. The SMILES string of the molecule is CCCCCNC(=O)c1ccc(OCC)c(OC)c1. The number of amides is 1. The highest BCUT2D eigenvalue weighted by atomic mass is 16.5. The Morgan fingerprint density at radius 3 is 2.63 bits per heavy atom. The summed E-state index contributed by atoms with van der Waals surface area (Å²) >= 11 is 0. The van der Waals surface area contributed by atoms with Crippen LogP contribution in [0.5, 0.6) is 11.5 Å². The van der Waals surface area contributed by atoms with Crippen LogP contribution in [0.3, 0.4) is 0 Å². The van der Waals surface area contributed by atoms with Crippen LogP contribution >= 0.6 is 0 Å². The fourth-order valence-corrected chi connectivity index (χ4v) is 1.76. The van der Waals surface area contributed by atoms with E-state index in [1.54, 1.807) is 25.3 Å². The molecule has 1 rings (SSSR count). The van der Waals surface area contributed by atoms with Crippen LogP contribution in [0.25, 0.3) is 0 Å². The first-order valence-corrected chi connectivity index (χ1v) is 6.82. The molecule has 0 fully saturated rings. The molecule has 4 heteroatoms. The number of carbonyl (C=O) groups excluding carboxylic acids is 1. The summed E-state index contributed by atoms with van der Waals surface area (Å²) in [4.78, 5) is 11.9. The molecule has 19 heavy (non-hydrogen) atoms. The largest absolute Gasteiger partial charge is 0.493 e. The molecule has 106 valence electrons. The van der Waals surface area contributed by atoms with Gasteiger partial charge in [0.15, 0.2) is 11.5 Å². The van der Waals surface area contributed by atoms with Gasteiger partial charge in [-0.05, 0) is 31.5 Å². The van der Waals surface area contributed by atoms with E-state index in [4.69, 9.17) is 9.47 Å². The van der Waals surface area contributed by atoms with Crippen LogP contribution in [0.15, 0.2) is 18.2 Å². The number of ether oxygens (including phenoxy) is 2. The minimum absolute atomic E-state index is 0.0718. The lowest BCUT2D eigenvalue weighted by atomic mass is 10.2. The zero-order valence-corrected chi connectivity index (χ0v) is 12.0. The van der Waals surface area contributed by atoms with Crippen LogP contribution in [0.1, 0.15) is 43.5 Å². The molecule has 1 N–H and O–H groups in total. The maximum Gasteiger partial charge on any atom is 0.251 e.